The summed E-state index contributed by atoms with van der Waals surface area (Å²) in [6.07, 6.45) is 5.73. The molecule has 0 aromatic carbocycles. The zero-order valence-electron chi connectivity index (χ0n) is 9.43. The predicted molar refractivity (Wildman–Crippen MR) is 64.4 cm³/mol. The fourth-order valence-corrected chi connectivity index (χ4v) is 1.55. The van der Waals surface area contributed by atoms with Crippen LogP contribution in [-0.4, -0.2) is 27.2 Å². The highest BCUT2D eigenvalue weighted by molar-refractivity contribution is 5.45. The van der Waals surface area contributed by atoms with Gasteiger partial charge in [0.1, 0.15) is 5.82 Å². The van der Waals surface area contributed by atoms with Crippen LogP contribution in [0.4, 0.5) is 5.82 Å². The van der Waals surface area contributed by atoms with Crippen molar-refractivity contribution < 1.29 is 0 Å². The minimum atomic E-state index is 0.270. The number of nitrogens with two attached hydrogens (primary N) is 1. The topological polar surface area (TPSA) is 68.2 Å². The Balaban J connectivity index is 1.89. The van der Waals surface area contributed by atoms with Gasteiger partial charge >= 0.3 is 0 Å². The van der Waals surface area contributed by atoms with E-state index in [1.54, 1.807) is 10.7 Å². The fraction of sp³-hybridized carbons (Fsp3) is 0.455. The summed E-state index contributed by atoms with van der Waals surface area (Å²) in [6, 6.07) is 4.08. The number of anilines is 1. The molecule has 2 rings (SSSR count). The summed E-state index contributed by atoms with van der Waals surface area (Å²) in [5, 5.41) is 7.36. The molecule has 2 heterocycles. The Morgan fingerprint density at radius 3 is 3.19 bits per heavy atom. The van der Waals surface area contributed by atoms with Crippen molar-refractivity contribution in [3.8, 4) is 0 Å². The largest absolute Gasteiger partial charge is 0.370 e. The van der Waals surface area contributed by atoms with Crippen molar-refractivity contribution in [2.45, 2.75) is 25.8 Å². The van der Waals surface area contributed by atoms with Gasteiger partial charge in [0.15, 0.2) is 5.65 Å². The van der Waals surface area contributed by atoms with Crippen LogP contribution in [0.3, 0.4) is 0 Å². The summed E-state index contributed by atoms with van der Waals surface area (Å²) < 4.78 is 1.74. The van der Waals surface area contributed by atoms with Crippen LogP contribution in [0.2, 0.25) is 0 Å². The Morgan fingerprint density at radius 2 is 2.38 bits per heavy atom. The number of nitrogens with one attached hydrogen (secondary N) is 1. The van der Waals surface area contributed by atoms with Crippen molar-refractivity contribution in [3.05, 3.63) is 24.5 Å². The van der Waals surface area contributed by atoms with Gasteiger partial charge in [-0.15, -0.1) is 0 Å². The number of rotatable bonds is 5. The standard InChI is InChI=1S/C11H17N5/c1-9(12)3-2-6-13-10-5-8-16-11(15-10)4-7-14-16/h4-5,7-9H,2-3,6,12H2,1H3,(H,13,15). The first-order chi connectivity index (χ1) is 7.75. The van der Waals surface area contributed by atoms with Crippen LogP contribution in [0.1, 0.15) is 19.8 Å². The molecule has 3 N–H and O–H groups in total. The van der Waals surface area contributed by atoms with Crippen LogP contribution in [0.5, 0.6) is 0 Å². The molecule has 5 heteroatoms. The second-order valence-corrected chi connectivity index (χ2v) is 3.99. The molecular formula is C11H17N5. The molecule has 0 aliphatic heterocycles. The molecule has 1 unspecified atom stereocenters. The molecule has 0 amide bonds. The molecule has 1 atom stereocenters. The van der Waals surface area contributed by atoms with E-state index < -0.39 is 0 Å². The average molecular weight is 219 g/mol. The molecule has 0 bridgehead atoms. The van der Waals surface area contributed by atoms with E-state index in [9.17, 15) is 0 Å². The highest BCUT2D eigenvalue weighted by Gasteiger charge is 1.98. The Morgan fingerprint density at radius 1 is 1.50 bits per heavy atom. The zero-order valence-corrected chi connectivity index (χ0v) is 9.43. The maximum atomic E-state index is 5.68. The van der Waals surface area contributed by atoms with E-state index in [2.05, 4.69) is 15.4 Å². The quantitative estimate of drug-likeness (QED) is 0.743. The third-order valence-corrected chi connectivity index (χ3v) is 2.40. The molecule has 2 aromatic rings. The SMILES string of the molecule is CC(N)CCCNc1ccn2nccc2n1. The van der Waals surface area contributed by atoms with E-state index in [0.29, 0.717) is 0 Å². The summed E-state index contributed by atoms with van der Waals surface area (Å²) in [4.78, 5) is 4.41. The third kappa shape index (κ3) is 2.70. The molecule has 16 heavy (non-hydrogen) atoms. The van der Waals surface area contributed by atoms with Gasteiger partial charge in [-0.3, -0.25) is 0 Å². The number of hydrogen-bond acceptors (Lipinski definition) is 4. The van der Waals surface area contributed by atoms with E-state index in [-0.39, 0.29) is 6.04 Å². The lowest BCUT2D eigenvalue weighted by Crippen LogP contribution is -2.16. The first kappa shape index (κ1) is 10.9. The van der Waals surface area contributed by atoms with Gasteiger partial charge in [0.25, 0.3) is 0 Å². The van der Waals surface area contributed by atoms with E-state index >= 15 is 0 Å². The van der Waals surface area contributed by atoms with E-state index in [1.165, 1.54) is 0 Å². The lowest BCUT2D eigenvalue weighted by Gasteiger charge is -2.07. The Bertz CT molecular complexity index is 448. The Kier molecular flexibility index (Phi) is 3.36. The zero-order chi connectivity index (χ0) is 11.4. The van der Waals surface area contributed by atoms with Crippen molar-refractivity contribution in [3.63, 3.8) is 0 Å². The summed E-state index contributed by atoms with van der Waals surface area (Å²) in [6.45, 7) is 2.93. The van der Waals surface area contributed by atoms with Crippen LogP contribution in [0.15, 0.2) is 24.5 Å². The van der Waals surface area contributed by atoms with Crippen LogP contribution < -0.4 is 11.1 Å². The van der Waals surface area contributed by atoms with Gasteiger partial charge < -0.3 is 11.1 Å². The molecule has 0 spiro atoms. The smallest absolute Gasteiger partial charge is 0.157 e. The average Bonchev–Trinajstić information content (AvgIpc) is 2.71. The van der Waals surface area contributed by atoms with Crippen molar-refractivity contribution >= 4 is 11.5 Å². The Labute approximate surface area is 94.7 Å². The molecule has 5 nitrogen and oxygen atoms in total. The molecule has 0 saturated heterocycles. The second-order valence-electron chi connectivity index (χ2n) is 3.99. The minimum absolute atomic E-state index is 0.270. The summed E-state index contributed by atoms with van der Waals surface area (Å²) in [5.74, 6) is 0.887. The molecule has 0 radical (unpaired) electrons. The summed E-state index contributed by atoms with van der Waals surface area (Å²) in [5.41, 5.74) is 6.54. The van der Waals surface area contributed by atoms with Crippen LogP contribution >= 0.6 is 0 Å². The van der Waals surface area contributed by atoms with Crippen molar-refractivity contribution in [2.75, 3.05) is 11.9 Å². The van der Waals surface area contributed by atoms with Crippen LogP contribution in [-0.2, 0) is 0 Å². The van der Waals surface area contributed by atoms with E-state index in [0.717, 1.165) is 30.9 Å². The van der Waals surface area contributed by atoms with Crippen molar-refractivity contribution in [1.29, 1.82) is 0 Å². The van der Waals surface area contributed by atoms with E-state index in [1.807, 2.05) is 25.3 Å². The van der Waals surface area contributed by atoms with Gasteiger partial charge in [0.05, 0.1) is 6.20 Å². The van der Waals surface area contributed by atoms with Crippen LogP contribution in [0.25, 0.3) is 5.65 Å². The van der Waals surface area contributed by atoms with Gasteiger partial charge in [-0.25, -0.2) is 9.50 Å². The van der Waals surface area contributed by atoms with Gasteiger partial charge in [-0.1, -0.05) is 0 Å². The molecule has 0 fully saturated rings. The first-order valence-corrected chi connectivity index (χ1v) is 5.55. The number of hydrogen-bond donors (Lipinski definition) is 2. The second kappa shape index (κ2) is 4.94. The van der Waals surface area contributed by atoms with Gasteiger partial charge in [-0.05, 0) is 25.8 Å². The molecule has 2 aromatic heterocycles. The van der Waals surface area contributed by atoms with Crippen LogP contribution in [0, 0.1) is 0 Å². The van der Waals surface area contributed by atoms with Crippen molar-refractivity contribution in [1.82, 2.24) is 14.6 Å². The number of aromatic nitrogens is 3. The maximum absolute atomic E-state index is 5.68. The minimum Gasteiger partial charge on any atom is -0.370 e. The summed E-state index contributed by atoms with van der Waals surface area (Å²) >= 11 is 0. The van der Waals surface area contributed by atoms with Crippen molar-refractivity contribution in [2.24, 2.45) is 5.73 Å². The lowest BCUT2D eigenvalue weighted by molar-refractivity contribution is 0.639. The predicted octanol–water partition coefficient (Wildman–Crippen LogP) is 1.27. The monoisotopic (exact) mass is 219 g/mol. The molecular weight excluding hydrogens is 202 g/mol. The number of nitrogens with zero attached hydrogens (tertiary/aromatic N) is 3. The lowest BCUT2D eigenvalue weighted by atomic mass is 10.2. The van der Waals surface area contributed by atoms with Gasteiger partial charge in [0.2, 0.25) is 0 Å². The highest BCUT2D eigenvalue weighted by Crippen LogP contribution is 2.06. The molecule has 0 aliphatic carbocycles. The maximum Gasteiger partial charge on any atom is 0.157 e. The van der Waals surface area contributed by atoms with Gasteiger partial charge in [-0.2, -0.15) is 5.10 Å². The number of fused-ring (bicyclic) bond motifs is 1. The molecule has 0 aliphatic rings. The van der Waals surface area contributed by atoms with E-state index in [4.69, 9.17) is 5.73 Å². The molecule has 86 valence electrons. The molecule has 0 saturated carbocycles. The fourth-order valence-electron chi connectivity index (χ4n) is 1.55. The third-order valence-electron chi connectivity index (χ3n) is 2.40. The highest BCUT2D eigenvalue weighted by atomic mass is 15.2. The first-order valence-electron chi connectivity index (χ1n) is 5.55. The Hall–Kier alpha value is -1.62. The normalized spacial score (nSPS) is 12.9. The van der Waals surface area contributed by atoms with Gasteiger partial charge in [0, 0.05) is 24.8 Å². The summed E-state index contributed by atoms with van der Waals surface area (Å²) in [7, 11) is 0.